The molecule has 13 nitrogen and oxygen atoms in total. The zero-order valence-corrected chi connectivity index (χ0v) is 31.2. The van der Waals surface area contributed by atoms with Gasteiger partial charge in [-0.3, -0.25) is 9.59 Å². The van der Waals surface area contributed by atoms with Crippen LogP contribution in [0.3, 0.4) is 0 Å². The molecule has 7 rings (SSSR count). The average Bonchev–Trinajstić information content (AvgIpc) is 3.76. The van der Waals surface area contributed by atoms with E-state index in [-0.39, 0.29) is 79.9 Å². The van der Waals surface area contributed by atoms with Crippen LogP contribution in [0.2, 0.25) is 0 Å². The fourth-order valence-corrected chi connectivity index (χ4v) is 10.1. The van der Waals surface area contributed by atoms with E-state index in [0.717, 1.165) is 30.4 Å². The normalized spacial score (nSPS) is 47.7. The third-order valence-corrected chi connectivity index (χ3v) is 13.1. The molecule has 4 N–H and O–H groups in total. The maximum absolute atomic E-state index is 13.9. The van der Waals surface area contributed by atoms with E-state index in [1.807, 2.05) is 0 Å². The number of Topliss-reactive ketones (excluding diaryl/α,β-unsaturated/α-hetero) is 2. The lowest BCUT2D eigenvalue weighted by Gasteiger charge is -2.46. The number of aliphatic hydroxyl groups is 4. The highest BCUT2D eigenvalue weighted by Crippen LogP contribution is 2.43. The molecule has 7 fully saturated rings. The molecule has 53 heavy (non-hydrogen) atoms. The summed E-state index contributed by atoms with van der Waals surface area (Å²) in [6.45, 7) is 10.4. The monoisotopic (exact) mass is 748 g/mol. The maximum atomic E-state index is 13.9. The smallest absolute Gasteiger partial charge is 0.135 e. The molecule has 13 heteroatoms. The number of ether oxygens (including phenoxy) is 7. The van der Waals surface area contributed by atoms with Crippen molar-refractivity contribution in [1.82, 2.24) is 0 Å². The van der Waals surface area contributed by atoms with Gasteiger partial charge in [-0.05, 0) is 62.0 Å². The fraction of sp³-hybridized carbons (Fsp3) is 0.850. The first-order chi connectivity index (χ1) is 25.4. The Morgan fingerprint density at radius 3 is 2.23 bits per heavy atom. The Kier molecular flexibility index (Phi) is 12.6. The Hall–Kier alpha value is -1.62. The van der Waals surface area contributed by atoms with Crippen LogP contribution in [0.25, 0.3) is 0 Å². The molecule has 298 valence electrons. The van der Waals surface area contributed by atoms with Crippen LogP contribution in [0, 0.1) is 11.8 Å². The Bertz CT molecular complexity index is 1340. The summed E-state index contributed by atoms with van der Waals surface area (Å²) in [5, 5.41) is 42.6. The number of aliphatic hydroxyl groups excluding tert-OH is 4. The van der Waals surface area contributed by atoms with Gasteiger partial charge in [-0.25, -0.2) is 0 Å². The number of hydrogen-bond donors (Lipinski definition) is 4. The van der Waals surface area contributed by atoms with Crippen LogP contribution < -0.4 is 0 Å². The van der Waals surface area contributed by atoms with Gasteiger partial charge in [-0.1, -0.05) is 20.1 Å². The van der Waals surface area contributed by atoms with Crippen molar-refractivity contribution in [3.63, 3.8) is 0 Å². The average molecular weight is 749 g/mol. The van der Waals surface area contributed by atoms with Crippen molar-refractivity contribution in [2.24, 2.45) is 11.8 Å². The zero-order valence-electron chi connectivity index (χ0n) is 31.2. The van der Waals surface area contributed by atoms with Crippen molar-refractivity contribution < 1.29 is 63.2 Å². The van der Waals surface area contributed by atoms with Crippen molar-refractivity contribution in [3.8, 4) is 0 Å². The van der Waals surface area contributed by atoms with E-state index < -0.39 is 79.9 Å². The van der Waals surface area contributed by atoms with Crippen LogP contribution in [0.5, 0.6) is 0 Å². The van der Waals surface area contributed by atoms with Gasteiger partial charge >= 0.3 is 0 Å². The summed E-state index contributed by atoms with van der Waals surface area (Å²) in [5.41, 5.74) is 2.00. The van der Waals surface area contributed by atoms with Crippen LogP contribution in [0.4, 0.5) is 0 Å². The van der Waals surface area contributed by atoms with Crippen molar-refractivity contribution in [3.05, 3.63) is 24.3 Å². The predicted octanol–water partition coefficient (Wildman–Crippen LogP) is 2.27. The molecule has 18 atom stereocenters. The number of rotatable bonds is 4. The van der Waals surface area contributed by atoms with E-state index in [1.54, 1.807) is 7.11 Å². The molecule has 8 bridgehead atoms. The minimum Gasteiger partial charge on any atom is -0.394 e. The third kappa shape index (κ3) is 8.56. The number of carbonyl (C=O) groups is 2. The molecule has 7 aliphatic heterocycles. The molecule has 7 heterocycles. The molecule has 0 saturated carbocycles. The van der Waals surface area contributed by atoms with Crippen LogP contribution in [0.15, 0.2) is 24.3 Å². The molecule has 0 aliphatic carbocycles. The summed E-state index contributed by atoms with van der Waals surface area (Å²) >= 11 is 0. The number of hydrogen-bond acceptors (Lipinski definition) is 13. The van der Waals surface area contributed by atoms with Gasteiger partial charge in [0.05, 0.1) is 73.8 Å². The first-order valence-electron chi connectivity index (χ1n) is 19.9. The van der Waals surface area contributed by atoms with Gasteiger partial charge in [0, 0.05) is 51.6 Å². The quantitative estimate of drug-likeness (QED) is 0.308. The van der Waals surface area contributed by atoms with E-state index in [4.69, 9.17) is 33.2 Å². The SMILES string of the molecule is C=C1CC2CCC(=O)C[C@H]3O[C@@H]4C(OC5CCC(CC(=O)CC6C(C[C@H]7O[C@@H](CC[C@@H]1O2)C[C@@H](C)C7=C)O[C@H](CC(O)CO)[C@@H]6OC)O[C@@H]5C4O)C3O. The number of ketones is 2. The Balaban J connectivity index is 1.11. The highest BCUT2D eigenvalue weighted by atomic mass is 16.6. The van der Waals surface area contributed by atoms with Gasteiger partial charge in [-0.15, -0.1) is 0 Å². The zero-order chi connectivity index (χ0) is 37.6. The van der Waals surface area contributed by atoms with Crippen molar-refractivity contribution in [2.45, 2.75) is 188 Å². The molecular weight excluding hydrogens is 688 g/mol. The molecule has 0 aromatic heterocycles. The van der Waals surface area contributed by atoms with Gasteiger partial charge in [0.25, 0.3) is 0 Å². The summed E-state index contributed by atoms with van der Waals surface area (Å²) in [7, 11) is 1.58. The van der Waals surface area contributed by atoms with Crippen LogP contribution >= 0.6 is 0 Å². The number of carbonyl (C=O) groups excluding carboxylic acids is 2. The van der Waals surface area contributed by atoms with E-state index in [0.29, 0.717) is 32.1 Å². The highest BCUT2D eigenvalue weighted by Gasteiger charge is 2.57. The number of fused-ring (bicyclic) bond motifs is 7. The molecular formula is C40H60O13. The third-order valence-electron chi connectivity index (χ3n) is 13.1. The maximum Gasteiger partial charge on any atom is 0.135 e. The lowest BCUT2D eigenvalue weighted by atomic mass is 9.81. The largest absolute Gasteiger partial charge is 0.394 e. The number of methoxy groups -OCH3 is 1. The first-order valence-corrected chi connectivity index (χ1v) is 19.9. The summed E-state index contributed by atoms with van der Waals surface area (Å²) in [6, 6.07) is 0. The highest BCUT2D eigenvalue weighted by molar-refractivity contribution is 5.79. The second kappa shape index (κ2) is 16.9. The van der Waals surface area contributed by atoms with Crippen molar-refractivity contribution >= 4 is 11.6 Å². The summed E-state index contributed by atoms with van der Waals surface area (Å²) in [5.74, 6) is -0.221. The van der Waals surface area contributed by atoms with Crippen LogP contribution in [0.1, 0.15) is 90.4 Å². The van der Waals surface area contributed by atoms with Gasteiger partial charge in [0.15, 0.2) is 0 Å². The minimum absolute atomic E-state index is 0.00643. The lowest BCUT2D eigenvalue weighted by molar-refractivity contribution is -0.259. The molecule has 7 saturated heterocycles. The molecule has 0 radical (unpaired) electrons. The van der Waals surface area contributed by atoms with E-state index in [1.165, 1.54) is 0 Å². The second-order valence-corrected chi connectivity index (χ2v) is 16.8. The van der Waals surface area contributed by atoms with E-state index in [9.17, 15) is 30.0 Å². The molecule has 9 unspecified atom stereocenters. The van der Waals surface area contributed by atoms with Crippen LogP contribution in [-0.2, 0) is 42.7 Å². The summed E-state index contributed by atoms with van der Waals surface area (Å²) in [6.07, 6.45) is -3.55. The molecule has 0 spiro atoms. The summed E-state index contributed by atoms with van der Waals surface area (Å²) < 4.78 is 44.3. The van der Waals surface area contributed by atoms with Gasteiger partial charge < -0.3 is 53.6 Å². The first kappa shape index (κ1) is 39.6. The molecule has 7 aliphatic rings. The Morgan fingerprint density at radius 1 is 0.736 bits per heavy atom. The predicted molar refractivity (Wildman–Crippen MR) is 189 cm³/mol. The van der Waals surface area contributed by atoms with E-state index in [2.05, 4.69) is 20.1 Å². The van der Waals surface area contributed by atoms with Crippen molar-refractivity contribution in [2.75, 3.05) is 13.7 Å². The second-order valence-electron chi connectivity index (χ2n) is 16.8. The molecule has 0 amide bonds. The van der Waals surface area contributed by atoms with Gasteiger partial charge in [0.2, 0.25) is 0 Å². The van der Waals surface area contributed by atoms with E-state index >= 15 is 0 Å². The van der Waals surface area contributed by atoms with Gasteiger partial charge in [0.1, 0.15) is 42.1 Å². The standard InChI is InChI=1S/C40H60O13/c1-19-11-26-7-9-29-20(2)12-25(48-29)6-5-22(42)15-33-35(45)39-40(53-33)36(46)38-30(52-39)10-8-27(50-38)13-23(43)14-28-32(17-31(49-26)21(19)3)51-34(37(28)47-4)16-24(44)18-41/h19,24-41,44-46H,2-3,5-18H2,1,4H3/t19-,24?,25?,26+,27?,28?,29+,30?,31-,32?,33-,34-,35?,36?,37-,38+,39?,40+/m1/s1. The molecule has 0 aromatic carbocycles. The minimum atomic E-state index is -1.10. The topological polar surface area (TPSA) is 180 Å². The Morgan fingerprint density at radius 2 is 1.45 bits per heavy atom. The van der Waals surface area contributed by atoms with Crippen molar-refractivity contribution in [1.29, 1.82) is 0 Å². The summed E-state index contributed by atoms with van der Waals surface area (Å²) in [4.78, 5) is 27.0. The molecule has 0 aromatic rings. The van der Waals surface area contributed by atoms with Crippen LogP contribution in [-0.4, -0.2) is 143 Å². The lowest BCUT2D eigenvalue weighted by Crippen LogP contribution is -2.61. The Labute approximate surface area is 312 Å². The van der Waals surface area contributed by atoms with Gasteiger partial charge in [-0.2, -0.15) is 0 Å². The fourth-order valence-electron chi connectivity index (χ4n) is 10.1.